The highest BCUT2D eigenvalue weighted by molar-refractivity contribution is 7.09. The third kappa shape index (κ3) is 4.40. The summed E-state index contributed by atoms with van der Waals surface area (Å²) < 4.78 is 5.97. The zero-order chi connectivity index (χ0) is 24.5. The van der Waals surface area contributed by atoms with E-state index in [4.69, 9.17) is 9.72 Å². The molecule has 1 amide bonds. The molecule has 2 aromatic carbocycles. The van der Waals surface area contributed by atoms with Crippen LogP contribution in [0.3, 0.4) is 0 Å². The molecule has 0 saturated heterocycles. The lowest BCUT2D eigenvalue weighted by molar-refractivity contribution is 0.0954. The SMILES string of the molecule is O=C(NCCc1cccs1)c1ccc2c(c1)CC(c1nc3ccc(-c4cn[nH]c4)cc3c(=O)[nH]1)CO2. The Labute approximate surface area is 210 Å². The number of hydrogen-bond acceptors (Lipinski definition) is 6. The fraction of sp³-hybridized carbons (Fsp3) is 0.185. The molecule has 0 fully saturated rings. The number of amides is 1. The summed E-state index contributed by atoms with van der Waals surface area (Å²) >= 11 is 1.69. The highest BCUT2D eigenvalue weighted by Crippen LogP contribution is 2.32. The van der Waals surface area contributed by atoms with Crippen LogP contribution in [0.5, 0.6) is 5.75 Å². The zero-order valence-electron chi connectivity index (χ0n) is 19.3. The minimum Gasteiger partial charge on any atom is -0.493 e. The quantitative estimate of drug-likeness (QED) is 0.327. The number of carbonyl (C=O) groups excluding carboxylic acids is 1. The number of thiophene rings is 1. The van der Waals surface area contributed by atoms with E-state index in [1.807, 2.05) is 41.8 Å². The van der Waals surface area contributed by atoms with E-state index >= 15 is 0 Å². The van der Waals surface area contributed by atoms with E-state index in [2.05, 4.69) is 26.6 Å². The van der Waals surface area contributed by atoms with Gasteiger partial charge in [0.05, 0.1) is 29.6 Å². The van der Waals surface area contributed by atoms with E-state index in [0.717, 1.165) is 28.9 Å². The average Bonchev–Trinajstić information content (AvgIpc) is 3.63. The molecule has 9 heteroatoms. The van der Waals surface area contributed by atoms with Crippen molar-refractivity contribution in [3.05, 3.63) is 98.5 Å². The lowest BCUT2D eigenvalue weighted by atomic mass is 9.94. The van der Waals surface area contributed by atoms with Crippen LogP contribution in [-0.4, -0.2) is 39.2 Å². The van der Waals surface area contributed by atoms with Crippen LogP contribution in [0.25, 0.3) is 22.0 Å². The van der Waals surface area contributed by atoms with Crippen molar-refractivity contribution >= 4 is 28.1 Å². The van der Waals surface area contributed by atoms with E-state index in [9.17, 15) is 9.59 Å². The third-order valence-electron chi connectivity index (χ3n) is 6.41. The summed E-state index contributed by atoms with van der Waals surface area (Å²) in [6, 6.07) is 15.2. The molecule has 0 bridgehead atoms. The molecule has 0 aliphatic carbocycles. The number of hydrogen-bond donors (Lipinski definition) is 3. The standard InChI is InChI=1S/C27H23N5O3S/c33-26(28-8-7-21-2-1-9-36-21)17-4-6-24-18(10-17)11-19(15-35-24)25-31-23-5-3-16(20-13-29-30-14-20)12-22(23)27(34)32-25/h1-6,9-10,12-14,19H,7-8,11,15H2,(H,28,33)(H,29,30)(H,31,32,34). The average molecular weight is 498 g/mol. The maximum absolute atomic E-state index is 12.9. The Morgan fingerprint density at radius 3 is 2.94 bits per heavy atom. The number of aromatic nitrogens is 4. The molecule has 0 saturated carbocycles. The number of aromatic amines is 2. The van der Waals surface area contributed by atoms with Gasteiger partial charge in [0.1, 0.15) is 11.6 Å². The van der Waals surface area contributed by atoms with E-state index < -0.39 is 0 Å². The van der Waals surface area contributed by atoms with Crippen LogP contribution in [0.4, 0.5) is 0 Å². The van der Waals surface area contributed by atoms with Gasteiger partial charge in [0.25, 0.3) is 11.5 Å². The van der Waals surface area contributed by atoms with E-state index in [0.29, 0.717) is 41.9 Å². The van der Waals surface area contributed by atoms with Crippen LogP contribution in [0.2, 0.25) is 0 Å². The molecule has 3 N–H and O–H groups in total. The number of fused-ring (bicyclic) bond motifs is 2. The normalized spacial score (nSPS) is 14.8. The van der Waals surface area contributed by atoms with Crippen molar-refractivity contribution in [2.45, 2.75) is 18.8 Å². The Morgan fingerprint density at radius 2 is 2.11 bits per heavy atom. The number of ether oxygens (including phenoxy) is 1. The van der Waals surface area contributed by atoms with Crippen LogP contribution in [0.15, 0.2) is 71.1 Å². The molecule has 6 rings (SSSR count). The van der Waals surface area contributed by atoms with E-state index in [1.54, 1.807) is 29.8 Å². The van der Waals surface area contributed by atoms with Gasteiger partial charge in [-0.05, 0) is 65.7 Å². The fourth-order valence-corrected chi connectivity index (χ4v) is 5.21. The molecule has 36 heavy (non-hydrogen) atoms. The minimum absolute atomic E-state index is 0.109. The van der Waals surface area contributed by atoms with Crippen LogP contribution >= 0.6 is 11.3 Å². The van der Waals surface area contributed by atoms with Crippen molar-refractivity contribution in [3.63, 3.8) is 0 Å². The first-order valence-electron chi connectivity index (χ1n) is 11.7. The minimum atomic E-state index is -0.190. The molecule has 4 heterocycles. The second-order valence-corrected chi connectivity index (χ2v) is 9.82. The summed E-state index contributed by atoms with van der Waals surface area (Å²) in [5, 5.41) is 12.3. The van der Waals surface area contributed by atoms with Crippen molar-refractivity contribution in [1.82, 2.24) is 25.5 Å². The molecular weight excluding hydrogens is 474 g/mol. The maximum atomic E-state index is 12.9. The van der Waals surface area contributed by atoms with Gasteiger partial charge in [-0.15, -0.1) is 11.3 Å². The van der Waals surface area contributed by atoms with Crippen LogP contribution in [0, 0.1) is 0 Å². The number of nitrogens with one attached hydrogen (secondary N) is 3. The Morgan fingerprint density at radius 1 is 1.17 bits per heavy atom. The van der Waals surface area contributed by atoms with Crippen molar-refractivity contribution in [1.29, 1.82) is 0 Å². The highest BCUT2D eigenvalue weighted by Gasteiger charge is 2.25. The second kappa shape index (κ2) is 9.43. The van der Waals surface area contributed by atoms with Gasteiger partial charge >= 0.3 is 0 Å². The molecule has 180 valence electrons. The number of benzene rings is 2. The van der Waals surface area contributed by atoms with E-state index in [1.165, 1.54) is 4.88 Å². The van der Waals surface area contributed by atoms with Gasteiger partial charge in [0, 0.05) is 28.7 Å². The lowest BCUT2D eigenvalue weighted by Gasteiger charge is -2.25. The van der Waals surface area contributed by atoms with Gasteiger partial charge < -0.3 is 15.0 Å². The van der Waals surface area contributed by atoms with Crippen molar-refractivity contribution < 1.29 is 9.53 Å². The largest absolute Gasteiger partial charge is 0.493 e. The van der Waals surface area contributed by atoms with Gasteiger partial charge in [-0.1, -0.05) is 12.1 Å². The summed E-state index contributed by atoms with van der Waals surface area (Å²) in [7, 11) is 0. The highest BCUT2D eigenvalue weighted by atomic mass is 32.1. The predicted molar refractivity (Wildman–Crippen MR) is 139 cm³/mol. The molecular formula is C27H23N5O3S. The molecule has 8 nitrogen and oxygen atoms in total. The van der Waals surface area contributed by atoms with Crippen molar-refractivity contribution in [2.24, 2.45) is 0 Å². The van der Waals surface area contributed by atoms with E-state index in [-0.39, 0.29) is 17.4 Å². The molecule has 1 atom stereocenters. The summed E-state index contributed by atoms with van der Waals surface area (Å²) in [5.74, 6) is 1.11. The van der Waals surface area contributed by atoms with Gasteiger partial charge in [0.2, 0.25) is 0 Å². The molecule has 0 radical (unpaired) electrons. The molecule has 0 spiro atoms. The zero-order valence-corrected chi connectivity index (χ0v) is 20.1. The summed E-state index contributed by atoms with van der Waals surface area (Å²) in [5.41, 5.74) is 3.76. The Hall–Kier alpha value is -4.24. The van der Waals surface area contributed by atoms with Gasteiger partial charge in [-0.2, -0.15) is 5.10 Å². The number of H-pyrrole nitrogens is 2. The van der Waals surface area contributed by atoms with Gasteiger partial charge in [-0.3, -0.25) is 14.7 Å². The molecule has 3 aromatic heterocycles. The Balaban J connectivity index is 1.20. The molecule has 1 unspecified atom stereocenters. The molecule has 1 aliphatic heterocycles. The number of rotatable bonds is 6. The monoisotopic (exact) mass is 497 g/mol. The van der Waals surface area contributed by atoms with Gasteiger partial charge in [-0.25, -0.2) is 4.98 Å². The van der Waals surface area contributed by atoms with Crippen LogP contribution < -0.4 is 15.6 Å². The summed E-state index contributed by atoms with van der Waals surface area (Å²) in [6.07, 6.45) is 4.93. The fourth-order valence-electron chi connectivity index (χ4n) is 4.51. The maximum Gasteiger partial charge on any atom is 0.258 e. The topological polar surface area (TPSA) is 113 Å². The first-order valence-corrected chi connectivity index (χ1v) is 12.6. The number of carbonyl (C=O) groups is 1. The second-order valence-electron chi connectivity index (χ2n) is 8.79. The van der Waals surface area contributed by atoms with Crippen molar-refractivity contribution in [2.75, 3.05) is 13.2 Å². The summed E-state index contributed by atoms with van der Waals surface area (Å²) in [4.78, 5) is 34.6. The van der Waals surface area contributed by atoms with Gasteiger partial charge in [0.15, 0.2) is 0 Å². The Kier molecular flexibility index (Phi) is 5.82. The first-order chi connectivity index (χ1) is 17.6. The van der Waals surface area contributed by atoms with Crippen LogP contribution in [-0.2, 0) is 12.8 Å². The Bertz CT molecular complexity index is 1590. The molecule has 1 aliphatic rings. The number of nitrogens with zero attached hydrogens (tertiary/aromatic N) is 2. The smallest absolute Gasteiger partial charge is 0.258 e. The molecule has 5 aromatic rings. The van der Waals surface area contributed by atoms with Crippen molar-refractivity contribution in [3.8, 4) is 16.9 Å². The predicted octanol–water partition coefficient (Wildman–Crippen LogP) is 4.07. The lowest BCUT2D eigenvalue weighted by Crippen LogP contribution is -2.27. The first kappa shape index (κ1) is 22.2. The van der Waals surface area contributed by atoms with Crippen LogP contribution in [0.1, 0.15) is 32.5 Å². The summed E-state index contributed by atoms with van der Waals surface area (Å²) in [6.45, 7) is 0.987. The third-order valence-corrected chi connectivity index (χ3v) is 7.34.